The number of carbonyl (C=O) groups is 1. The molecule has 1 aliphatic heterocycles. The third kappa shape index (κ3) is 5.01. The lowest BCUT2D eigenvalue weighted by Crippen LogP contribution is -2.39. The zero-order chi connectivity index (χ0) is 25.4. The highest BCUT2D eigenvalue weighted by Crippen LogP contribution is 2.32. The minimum atomic E-state index is -0.161. The number of nitrogen functional groups attached to an aromatic ring is 1. The molecule has 0 spiro atoms. The van der Waals surface area contributed by atoms with Gasteiger partial charge < -0.3 is 31.2 Å². The van der Waals surface area contributed by atoms with Crippen molar-refractivity contribution in [2.24, 2.45) is 5.73 Å². The van der Waals surface area contributed by atoms with Crippen molar-refractivity contribution in [3.05, 3.63) is 40.3 Å². The van der Waals surface area contributed by atoms with Gasteiger partial charge in [0.1, 0.15) is 21.3 Å². The molecule has 4 atom stereocenters. The number of hydrogen-bond donors (Lipinski definition) is 3. The molecule has 1 aliphatic carbocycles. The highest BCUT2D eigenvalue weighted by molar-refractivity contribution is 7.21. The summed E-state index contributed by atoms with van der Waals surface area (Å²) in [5.74, 6) is 1.42. The molecule has 0 bridgehead atoms. The molecule has 36 heavy (non-hydrogen) atoms. The van der Waals surface area contributed by atoms with Gasteiger partial charge in [0.15, 0.2) is 0 Å². The lowest BCUT2D eigenvalue weighted by atomic mass is 9.91. The van der Waals surface area contributed by atoms with E-state index in [9.17, 15) is 4.79 Å². The zero-order valence-corrected chi connectivity index (χ0v) is 21.7. The van der Waals surface area contributed by atoms with Crippen LogP contribution in [0.2, 0.25) is 0 Å². The van der Waals surface area contributed by atoms with Crippen molar-refractivity contribution >= 4 is 39.0 Å². The van der Waals surface area contributed by atoms with E-state index < -0.39 is 0 Å². The van der Waals surface area contributed by atoms with Crippen LogP contribution in [0.4, 0.5) is 11.5 Å². The average molecular weight is 512 g/mol. The van der Waals surface area contributed by atoms with Crippen molar-refractivity contribution in [1.82, 2.24) is 20.3 Å². The molecule has 192 valence electrons. The van der Waals surface area contributed by atoms with E-state index in [1.165, 1.54) is 11.3 Å². The number of nitrogens with one attached hydrogen (secondary N) is 1. The number of nitrogens with two attached hydrogens (primary N) is 2. The number of hydrogen-bond acceptors (Lipinski definition) is 10. The van der Waals surface area contributed by atoms with Gasteiger partial charge in [0, 0.05) is 38.1 Å². The number of aryl methyl sites for hydroxylation is 2. The van der Waals surface area contributed by atoms with Crippen LogP contribution in [0.25, 0.3) is 10.2 Å². The van der Waals surface area contributed by atoms with Crippen molar-refractivity contribution < 1.29 is 14.3 Å². The number of aromatic nitrogens is 3. The first-order chi connectivity index (χ1) is 17.3. The summed E-state index contributed by atoms with van der Waals surface area (Å²) in [6, 6.07) is 4.12. The number of methoxy groups -OCH3 is 1. The Kier molecular flexibility index (Phi) is 7.07. The Balaban J connectivity index is 1.22. The minimum absolute atomic E-state index is 0.0239. The van der Waals surface area contributed by atoms with Crippen molar-refractivity contribution in [3.8, 4) is 0 Å². The summed E-state index contributed by atoms with van der Waals surface area (Å²) in [5.41, 5.74) is 15.3. The maximum Gasteiger partial charge on any atom is 0.263 e. The Morgan fingerprint density at radius 1 is 1.33 bits per heavy atom. The molecule has 11 heteroatoms. The van der Waals surface area contributed by atoms with E-state index in [1.807, 2.05) is 19.9 Å². The van der Waals surface area contributed by atoms with Gasteiger partial charge in [-0.25, -0.2) is 15.0 Å². The number of rotatable bonds is 7. The summed E-state index contributed by atoms with van der Waals surface area (Å²) in [6.07, 6.45) is 4.02. The fourth-order valence-electron chi connectivity index (χ4n) is 4.79. The van der Waals surface area contributed by atoms with Crippen molar-refractivity contribution in [1.29, 1.82) is 0 Å². The number of amides is 1. The molecule has 4 heterocycles. The summed E-state index contributed by atoms with van der Waals surface area (Å²) in [6.45, 7) is 5.74. The monoisotopic (exact) mass is 511 g/mol. The predicted octanol–water partition coefficient (Wildman–Crippen LogP) is 1.83. The van der Waals surface area contributed by atoms with E-state index in [-0.39, 0.29) is 30.2 Å². The molecule has 5 N–H and O–H groups in total. The molecule has 5 rings (SSSR count). The maximum absolute atomic E-state index is 13.0. The smallest absolute Gasteiger partial charge is 0.263 e. The van der Waals surface area contributed by atoms with Gasteiger partial charge in [0.25, 0.3) is 5.91 Å². The summed E-state index contributed by atoms with van der Waals surface area (Å²) in [4.78, 5) is 30.0. The first-order valence-corrected chi connectivity index (χ1v) is 13.1. The lowest BCUT2D eigenvalue weighted by molar-refractivity contribution is -0.0166. The second kappa shape index (κ2) is 10.3. The molecule has 1 saturated heterocycles. The van der Waals surface area contributed by atoms with Crippen LogP contribution >= 0.6 is 11.3 Å². The number of nitrogens with zero attached hydrogens (tertiary/aromatic N) is 4. The topological polar surface area (TPSA) is 142 Å². The average Bonchev–Trinajstić information content (AvgIpc) is 3.41. The fourth-order valence-corrected chi connectivity index (χ4v) is 5.81. The highest BCUT2D eigenvalue weighted by Gasteiger charge is 2.33. The Morgan fingerprint density at radius 2 is 2.17 bits per heavy atom. The van der Waals surface area contributed by atoms with Gasteiger partial charge >= 0.3 is 0 Å². The van der Waals surface area contributed by atoms with Crippen LogP contribution in [0, 0.1) is 6.92 Å². The van der Waals surface area contributed by atoms with Crippen LogP contribution in [0.3, 0.4) is 0 Å². The Hall–Kier alpha value is -2.86. The number of thiophene rings is 1. The Labute approximate surface area is 214 Å². The van der Waals surface area contributed by atoms with Crippen molar-refractivity contribution in [3.63, 3.8) is 0 Å². The summed E-state index contributed by atoms with van der Waals surface area (Å²) in [5, 5.41) is 3.89. The highest BCUT2D eigenvalue weighted by atomic mass is 32.1. The molecule has 0 aromatic carbocycles. The zero-order valence-electron chi connectivity index (χ0n) is 20.9. The van der Waals surface area contributed by atoms with E-state index in [0.29, 0.717) is 36.1 Å². The molecule has 2 aliphatic rings. The quantitative estimate of drug-likeness (QED) is 0.433. The molecular formula is C25H33N7O3S. The molecule has 3 aromatic heterocycles. The molecule has 1 amide bonds. The second-order valence-corrected chi connectivity index (χ2v) is 10.7. The van der Waals surface area contributed by atoms with Crippen molar-refractivity contribution in [2.45, 2.75) is 57.4 Å². The number of fused-ring (bicyclic) bond motifs is 2. The van der Waals surface area contributed by atoms with Gasteiger partial charge in [-0.15, -0.1) is 11.3 Å². The van der Waals surface area contributed by atoms with Crippen LogP contribution in [-0.4, -0.2) is 72.0 Å². The third-order valence-electron chi connectivity index (χ3n) is 6.98. The van der Waals surface area contributed by atoms with E-state index in [0.717, 1.165) is 46.6 Å². The van der Waals surface area contributed by atoms with Crippen LogP contribution < -0.4 is 21.7 Å². The maximum atomic E-state index is 13.0. The molecule has 0 radical (unpaired) electrons. The predicted molar refractivity (Wildman–Crippen MR) is 140 cm³/mol. The molecule has 1 fully saturated rings. The van der Waals surface area contributed by atoms with Crippen LogP contribution in [-0.2, 0) is 22.3 Å². The molecule has 4 unspecified atom stereocenters. The SMILES string of the molecule is COC(C)COC1CN(c2ccc3c(n2)CCC(NC(=O)c2sc4nc(C)ncc4c2N)C3)CC1N. The van der Waals surface area contributed by atoms with Gasteiger partial charge in [-0.3, -0.25) is 4.79 Å². The summed E-state index contributed by atoms with van der Waals surface area (Å²) < 4.78 is 11.2. The molecule has 3 aromatic rings. The number of anilines is 2. The molecule has 0 saturated carbocycles. The lowest BCUT2D eigenvalue weighted by Gasteiger charge is -2.26. The minimum Gasteiger partial charge on any atom is -0.397 e. The van der Waals surface area contributed by atoms with Crippen LogP contribution in [0.15, 0.2) is 18.3 Å². The van der Waals surface area contributed by atoms with Gasteiger partial charge in [-0.05, 0) is 44.7 Å². The Morgan fingerprint density at radius 3 is 2.97 bits per heavy atom. The number of pyridine rings is 1. The second-order valence-electron chi connectivity index (χ2n) is 9.66. The van der Waals surface area contributed by atoms with Gasteiger partial charge in [-0.2, -0.15) is 0 Å². The van der Waals surface area contributed by atoms with E-state index >= 15 is 0 Å². The van der Waals surface area contributed by atoms with Gasteiger partial charge in [0.05, 0.1) is 35.9 Å². The first kappa shape index (κ1) is 24.8. The van der Waals surface area contributed by atoms with Crippen LogP contribution in [0.5, 0.6) is 0 Å². The van der Waals surface area contributed by atoms with Crippen molar-refractivity contribution in [2.75, 3.05) is 37.4 Å². The first-order valence-electron chi connectivity index (χ1n) is 12.3. The Bertz CT molecular complexity index is 1270. The van der Waals surface area contributed by atoms with E-state index in [4.69, 9.17) is 25.9 Å². The normalized spacial score (nSPS) is 22.6. The summed E-state index contributed by atoms with van der Waals surface area (Å²) in [7, 11) is 1.68. The standard InChI is InChI=1S/C25H33N7O3S/c1-13(34-3)12-35-20-11-32(10-18(20)26)21-7-4-15-8-16(5-6-19(15)31-21)30-24(33)23-22(27)17-9-28-14(2)29-25(17)36-23/h4,7,9,13,16,18,20H,5-6,8,10-12,26-27H2,1-3H3,(H,30,33). The number of ether oxygens (including phenoxy) is 2. The number of carbonyl (C=O) groups excluding carboxylic acids is 1. The van der Waals surface area contributed by atoms with Gasteiger partial charge in [-0.1, -0.05) is 6.07 Å². The van der Waals surface area contributed by atoms with Crippen LogP contribution in [0.1, 0.15) is 40.1 Å². The molecule has 10 nitrogen and oxygen atoms in total. The summed E-state index contributed by atoms with van der Waals surface area (Å²) >= 11 is 1.31. The molecular weight excluding hydrogens is 478 g/mol. The fraction of sp³-hybridized carbons (Fsp3) is 0.520. The van der Waals surface area contributed by atoms with E-state index in [2.05, 4.69) is 26.3 Å². The van der Waals surface area contributed by atoms with E-state index in [1.54, 1.807) is 13.3 Å². The largest absolute Gasteiger partial charge is 0.397 e. The third-order valence-corrected chi connectivity index (χ3v) is 8.09. The van der Waals surface area contributed by atoms with Gasteiger partial charge in [0.2, 0.25) is 0 Å².